The molecule has 0 aliphatic carbocycles. The fourth-order valence-corrected chi connectivity index (χ4v) is 8.93. The van der Waals surface area contributed by atoms with E-state index in [1.165, 1.54) is 231 Å². The number of hydrogen-bond donors (Lipinski definition) is 3. The van der Waals surface area contributed by atoms with E-state index in [-0.39, 0.29) is 18.5 Å². The van der Waals surface area contributed by atoms with Gasteiger partial charge < -0.3 is 20.3 Å². The SMILES string of the molecule is CCCCCCCCCCCCCCCCCCCCC(=O)OCCCCCCCCCCC/C=C\CCCCCCCC(=O)NC(CO)C(O)CCCCCCCCCCCC. The summed E-state index contributed by atoms with van der Waals surface area (Å²) < 4.78 is 5.49. The number of aliphatic hydroxyl groups is 2. The third-order valence-corrected chi connectivity index (χ3v) is 13.3. The van der Waals surface area contributed by atoms with Crippen LogP contribution < -0.4 is 5.32 Å². The summed E-state index contributed by atoms with van der Waals surface area (Å²) >= 11 is 0. The third-order valence-electron chi connectivity index (χ3n) is 13.3. The summed E-state index contributed by atoms with van der Waals surface area (Å²) in [7, 11) is 0. The molecule has 2 atom stereocenters. The van der Waals surface area contributed by atoms with Gasteiger partial charge in [-0.2, -0.15) is 0 Å². The topological polar surface area (TPSA) is 95.9 Å². The monoisotopic (exact) mass is 890 g/mol. The maximum absolute atomic E-state index is 12.4. The molecule has 6 nitrogen and oxygen atoms in total. The van der Waals surface area contributed by atoms with Gasteiger partial charge in [0, 0.05) is 12.8 Å². The number of unbranched alkanes of at least 4 members (excludes halogenated alkanes) is 40. The van der Waals surface area contributed by atoms with Crippen molar-refractivity contribution < 1.29 is 24.5 Å². The lowest BCUT2D eigenvalue weighted by Gasteiger charge is -2.22. The number of nitrogens with one attached hydrogen (secondary N) is 1. The van der Waals surface area contributed by atoms with Gasteiger partial charge in [0.15, 0.2) is 0 Å². The Morgan fingerprint density at radius 1 is 0.429 bits per heavy atom. The Morgan fingerprint density at radius 2 is 0.746 bits per heavy atom. The molecule has 3 N–H and O–H groups in total. The molecule has 0 bridgehead atoms. The molecule has 0 rings (SSSR count). The smallest absolute Gasteiger partial charge is 0.305 e. The normalized spacial score (nSPS) is 12.6. The Morgan fingerprint density at radius 3 is 1.13 bits per heavy atom. The van der Waals surface area contributed by atoms with E-state index in [1.54, 1.807) is 0 Å². The average Bonchev–Trinajstić information content (AvgIpc) is 3.28. The summed E-state index contributed by atoms with van der Waals surface area (Å²) in [5.41, 5.74) is 0. The first-order valence-corrected chi connectivity index (χ1v) is 28.4. The maximum atomic E-state index is 12.4. The van der Waals surface area contributed by atoms with Gasteiger partial charge >= 0.3 is 5.97 Å². The van der Waals surface area contributed by atoms with E-state index >= 15 is 0 Å². The van der Waals surface area contributed by atoms with Crippen molar-refractivity contribution in [3.63, 3.8) is 0 Å². The van der Waals surface area contributed by atoms with Crippen LogP contribution in [0.5, 0.6) is 0 Å². The molecule has 0 aromatic carbocycles. The van der Waals surface area contributed by atoms with Crippen LogP contribution in [0.1, 0.15) is 316 Å². The summed E-state index contributed by atoms with van der Waals surface area (Å²) in [5.74, 6) is -0.0425. The highest BCUT2D eigenvalue weighted by Crippen LogP contribution is 2.17. The van der Waals surface area contributed by atoms with Crippen LogP contribution >= 0.6 is 0 Å². The van der Waals surface area contributed by atoms with E-state index < -0.39 is 12.1 Å². The zero-order chi connectivity index (χ0) is 45.8. The predicted molar refractivity (Wildman–Crippen MR) is 273 cm³/mol. The van der Waals surface area contributed by atoms with Gasteiger partial charge in [0.2, 0.25) is 5.91 Å². The highest BCUT2D eigenvalue weighted by Gasteiger charge is 2.20. The van der Waals surface area contributed by atoms with Crippen molar-refractivity contribution in [2.24, 2.45) is 0 Å². The van der Waals surface area contributed by atoms with Crippen LogP contribution in [0.25, 0.3) is 0 Å². The van der Waals surface area contributed by atoms with Crippen LogP contribution in [-0.2, 0) is 14.3 Å². The van der Waals surface area contributed by atoms with Crippen LogP contribution in [0.15, 0.2) is 12.2 Å². The highest BCUT2D eigenvalue weighted by atomic mass is 16.5. The summed E-state index contributed by atoms with van der Waals surface area (Å²) in [6.07, 6.45) is 62.1. The zero-order valence-electron chi connectivity index (χ0n) is 42.6. The quantitative estimate of drug-likeness (QED) is 0.0321. The standard InChI is InChI=1S/C57H111NO5/c1-3-5-7-9-11-13-15-16-17-18-22-25-28-31-35-39-43-47-51-57(62)63-52-48-44-40-36-32-29-26-23-20-19-21-24-27-30-34-38-42-46-50-56(61)58-54(53-59)55(60)49-45-41-37-33-14-12-10-8-6-4-2/h21,24,54-55,59-60H,3-20,22-23,25-53H2,1-2H3,(H,58,61)/b24-21-. The van der Waals surface area contributed by atoms with Crippen LogP contribution in [0, 0.1) is 0 Å². The van der Waals surface area contributed by atoms with E-state index in [4.69, 9.17) is 4.74 Å². The lowest BCUT2D eigenvalue weighted by molar-refractivity contribution is -0.143. The minimum atomic E-state index is -0.670. The molecule has 0 fully saturated rings. The van der Waals surface area contributed by atoms with Crippen molar-refractivity contribution in [2.45, 2.75) is 328 Å². The van der Waals surface area contributed by atoms with E-state index in [1.807, 2.05) is 0 Å². The average molecular weight is 891 g/mol. The number of aliphatic hydroxyl groups excluding tert-OH is 2. The van der Waals surface area contributed by atoms with Crippen molar-refractivity contribution in [2.75, 3.05) is 13.2 Å². The van der Waals surface area contributed by atoms with E-state index in [0.717, 1.165) is 51.4 Å². The van der Waals surface area contributed by atoms with E-state index in [2.05, 4.69) is 31.3 Å². The number of rotatable bonds is 53. The molecule has 0 spiro atoms. The van der Waals surface area contributed by atoms with Gasteiger partial charge in [-0.05, 0) is 51.4 Å². The van der Waals surface area contributed by atoms with Crippen molar-refractivity contribution >= 4 is 11.9 Å². The highest BCUT2D eigenvalue weighted by molar-refractivity contribution is 5.76. The van der Waals surface area contributed by atoms with Gasteiger partial charge in [-0.25, -0.2) is 0 Å². The molecule has 2 unspecified atom stereocenters. The second-order valence-electron chi connectivity index (χ2n) is 19.6. The van der Waals surface area contributed by atoms with Crippen LogP contribution in [0.4, 0.5) is 0 Å². The van der Waals surface area contributed by atoms with Gasteiger partial charge in [-0.1, -0.05) is 264 Å². The van der Waals surface area contributed by atoms with Gasteiger partial charge in [0.1, 0.15) is 0 Å². The van der Waals surface area contributed by atoms with Crippen molar-refractivity contribution in [3.8, 4) is 0 Å². The summed E-state index contributed by atoms with van der Waals surface area (Å²) in [6, 6.07) is -0.549. The Kier molecular flexibility index (Phi) is 52.0. The molecule has 0 aliphatic rings. The van der Waals surface area contributed by atoms with Crippen molar-refractivity contribution in [3.05, 3.63) is 12.2 Å². The van der Waals surface area contributed by atoms with Crippen LogP contribution in [-0.4, -0.2) is 47.4 Å². The van der Waals surface area contributed by atoms with E-state index in [0.29, 0.717) is 25.9 Å². The summed E-state index contributed by atoms with van der Waals surface area (Å²) in [5, 5.41) is 23.1. The second kappa shape index (κ2) is 53.2. The minimum absolute atomic E-state index is 0.00754. The molecule has 0 aliphatic heterocycles. The third kappa shape index (κ3) is 49.9. The maximum Gasteiger partial charge on any atom is 0.305 e. The first-order chi connectivity index (χ1) is 31.0. The first-order valence-electron chi connectivity index (χ1n) is 28.4. The van der Waals surface area contributed by atoms with Gasteiger partial charge in [-0.15, -0.1) is 0 Å². The number of ether oxygens (including phenoxy) is 1. The number of allylic oxidation sites excluding steroid dienone is 2. The Balaban J connectivity index is 3.39. The Hall–Kier alpha value is -1.40. The Bertz CT molecular complexity index is 939. The zero-order valence-corrected chi connectivity index (χ0v) is 42.6. The first kappa shape index (κ1) is 61.6. The van der Waals surface area contributed by atoms with Gasteiger partial charge in [0.05, 0.1) is 25.4 Å². The molecule has 374 valence electrons. The molecule has 0 radical (unpaired) electrons. The Labute approximate surface area is 393 Å². The molecule has 0 heterocycles. The predicted octanol–water partition coefficient (Wildman–Crippen LogP) is 17.3. The largest absolute Gasteiger partial charge is 0.466 e. The van der Waals surface area contributed by atoms with Crippen molar-refractivity contribution in [1.82, 2.24) is 5.32 Å². The molecule has 0 aromatic rings. The lowest BCUT2D eigenvalue weighted by atomic mass is 10.0. The number of carbonyl (C=O) groups excluding carboxylic acids is 2. The van der Waals surface area contributed by atoms with Crippen LogP contribution in [0.3, 0.4) is 0 Å². The molecule has 0 saturated carbocycles. The molecule has 1 amide bonds. The fraction of sp³-hybridized carbons (Fsp3) is 0.930. The molecule has 6 heteroatoms. The number of hydrogen-bond acceptors (Lipinski definition) is 5. The molecular weight excluding hydrogens is 779 g/mol. The van der Waals surface area contributed by atoms with Crippen LogP contribution in [0.2, 0.25) is 0 Å². The molecule has 63 heavy (non-hydrogen) atoms. The fourth-order valence-electron chi connectivity index (χ4n) is 8.93. The van der Waals surface area contributed by atoms with Gasteiger partial charge in [0.25, 0.3) is 0 Å². The number of carbonyl (C=O) groups is 2. The molecule has 0 saturated heterocycles. The molecule has 0 aromatic heterocycles. The minimum Gasteiger partial charge on any atom is -0.466 e. The second-order valence-corrected chi connectivity index (χ2v) is 19.6. The van der Waals surface area contributed by atoms with Crippen molar-refractivity contribution in [1.29, 1.82) is 0 Å². The summed E-state index contributed by atoms with van der Waals surface area (Å²) in [4.78, 5) is 24.5. The summed E-state index contributed by atoms with van der Waals surface area (Å²) in [6.45, 7) is 4.94. The van der Waals surface area contributed by atoms with E-state index in [9.17, 15) is 19.8 Å². The number of amides is 1. The lowest BCUT2D eigenvalue weighted by Crippen LogP contribution is -2.45. The van der Waals surface area contributed by atoms with Gasteiger partial charge in [-0.3, -0.25) is 9.59 Å². The number of esters is 1. The molecular formula is C57H111NO5.